The van der Waals surface area contributed by atoms with Crippen molar-refractivity contribution >= 4 is 28.9 Å². The molecule has 1 aliphatic rings. The molecule has 1 saturated carbocycles. The highest BCUT2D eigenvalue weighted by molar-refractivity contribution is 6.30. The van der Waals surface area contributed by atoms with Crippen molar-refractivity contribution in [1.29, 1.82) is 0 Å². The van der Waals surface area contributed by atoms with E-state index in [1.807, 2.05) is 24.3 Å². The first-order chi connectivity index (χ1) is 17.9. The molecule has 5 rings (SSSR count). The fourth-order valence-corrected chi connectivity index (χ4v) is 4.03. The van der Waals surface area contributed by atoms with Gasteiger partial charge in [-0.05, 0) is 72.9 Å². The van der Waals surface area contributed by atoms with Crippen LogP contribution in [0, 0.1) is 0 Å². The lowest BCUT2D eigenvalue weighted by Gasteiger charge is -2.15. The number of ether oxygens (including phenoxy) is 1. The summed E-state index contributed by atoms with van der Waals surface area (Å²) >= 11 is 6.16. The Morgan fingerprint density at radius 3 is 2.51 bits per heavy atom. The van der Waals surface area contributed by atoms with Crippen LogP contribution in [-0.2, 0) is 0 Å². The number of nitrogens with one attached hydrogen (secondary N) is 2. The highest BCUT2D eigenvalue weighted by Crippen LogP contribution is 2.30. The highest BCUT2D eigenvalue weighted by Gasteiger charge is 2.24. The minimum absolute atomic E-state index is 0.140. The second-order valence-electron chi connectivity index (χ2n) is 9.36. The number of benzene rings is 3. The van der Waals surface area contributed by atoms with E-state index < -0.39 is 5.56 Å². The number of halogens is 1. The van der Waals surface area contributed by atoms with Crippen molar-refractivity contribution in [3.05, 3.63) is 105 Å². The van der Waals surface area contributed by atoms with Crippen molar-refractivity contribution in [3.8, 4) is 17.2 Å². The summed E-state index contributed by atoms with van der Waals surface area (Å²) in [6.45, 7) is 4.24. The molecule has 1 amide bonds. The van der Waals surface area contributed by atoms with Gasteiger partial charge in [0, 0.05) is 22.3 Å². The van der Waals surface area contributed by atoms with Crippen LogP contribution in [0.5, 0.6) is 11.5 Å². The second kappa shape index (κ2) is 10.5. The van der Waals surface area contributed by atoms with Gasteiger partial charge in [-0.15, -0.1) is 0 Å². The summed E-state index contributed by atoms with van der Waals surface area (Å²) in [5.74, 6) is 1.08. The van der Waals surface area contributed by atoms with Crippen molar-refractivity contribution in [3.63, 3.8) is 0 Å². The Kier molecular flexibility index (Phi) is 6.97. The normalized spacial score (nSPS) is 12.9. The van der Waals surface area contributed by atoms with Gasteiger partial charge in [0.25, 0.3) is 11.5 Å². The molecular formula is C29H27ClN4O3. The topological polar surface area (TPSA) is 85.2 Å². The quantitative estimate of drug-likeness (QED) is 0.283. The highest BCUT2D eigenvalue weighted by atomic mass is 35.5. The number of carbonyl (C=O) groups is 1. The van der Waals surface area contributed by atoms with Crippen LogP contribution >= 0.6 is 11.6 Å². The molecule has 2 N–H and O–H groups in total. The summed E-state index contributed by atoms with van der Waals surface area (Å²) in [4.78, 5) is 26.2. The van der Waals surface area contributed by atoms with E-state index in [1.54, 1.807) is 48.5 Å². The van der Waals surface area contributed by atoms with Crippen molar-refractivity contribution in [2.45, 2.75) is 38.6 Å². The van der Waals surface area contributed by atoms with E-state index in [-0.39, 0.29) is 23.4 Å². The van der Waals surface area contributed by atoms with Crippen molar-refractivity contribution in [2.75, 3.05) is 5.32 Å². The molecular weight excluding hydrogens is 488 g/mol. The molecule has 1 heterocycles. The molecule has 0 radical (unpaired) electrons. The number of hydrogen-bond donors (Lipinski definition) is 2. The summed E-state index contributed by atoms with van der Waals surface area (Å²) < 4.78 is 7.36. The first-order valence-electron chi connectivity index (χ1n) is 12.2. The lowest BCUT2D eigenvalue weighted by Crippen LogP contribution is -2.25. The predicted octanol–water partition coefficient (Wildman–Crippen LogP) is 6.44. The Bertz CT molecular complexity index is 1490. The molecule has 7 nitrogen and oxygen atoms in total. The van der Waals surface area contributed by atoms with Gasteiger partial charge in [-0.25, -0.2) is 0 Å². The average molecular weight is 515 g/mol. The van der Waals surface area contributed by atoms with Crippen LogP contribution in [0.4, 0.5) is 11.4 Å². The number of amides is 1. The minimum Gasteiger partial charge on any atom is -0.453 e. The Hall–Kier alpha value is -4.10. The fraction of sp³-hybridized carbons (Fsp3) is 0.207. The zero-order chi connectivity index (χ0) is 25.9. The smallest absolute Gasteiger partial charge is 0.299 e. The zero-order valence-corrected chi connectivity index (χ0v) is 21.3. The average Bonchev–Trinajstić information content (AvgIpc) is 3.71. The minimum atomic E-state index is -0.425. The number of hydrogen-bond acceptors (Lipinski definition) is 5. The molecule has 37 heavy (non-hydrogen) atoms. The van der Waals surface area contributed by atoms with E-state index in [0.29, 0.717) is 33.6 Å². The number of anilines is 2. The van der Waals surface area contributed by atoms with E-state index in [9.17, 15) is 9.59 Å². The van der Waals surface area contributed by atoms with Gasteiger partial charge in [0.1, 0.15) is 5.75 Å². The summed E-state index contributed by atoms with van der Waals surface area (Å²) in [5, 5.41) is 11.0. The van der Waals surface area contributed by atoms with Crippen LogP contribution in [-0.4, -0.2) is 21.7 Å². The fourth-order valence-electron chi connectivity index (χ4n) is 3.85. The third-order valence-corrected chi connectivity index (χ3v) is 6.31. The number of carbonyl (C=O) groups excluding carboxylic acids is 1. The van der Waals surface area contributed by atoms with E-state index >= 15 is 0 Å². The van der Waals surface area contributed by atoms with Gasteiger partial charge in [-0.2, -0.15) is 9.78 Å². The van der Waals surface area contributed by atoms with Crippen LogP contribution in [0.15, 0.2) is 83.8 Å². The first-order valence-corrected chi connectivity index (χ1v) is 12.6. The van der Waals surface area contributed by atoms with Crippen LogP contribution in [0.2, 0.25) is 5.02 Å². The van der Waals surface area contributed by atoms with E-state index in [1.165, 1.54) is 16.4 Å². The standard InChI is InChI=1S/C29H27ClN4O3/c1-18(2)19-9-13-25(14-10-19)37-26-17-31-34(24-8-4-6-21(30)16-24)29(36)27(26)32-23-7-3-5-20(15-23)28(35)33-22-11-12-22/h3-10,13-18,22,32H,11-12H2,1-2H3,(H,33,35). The summed E-state index contributed by atoms with van der Waals surface area (Å²) in [5.41, 5.74) is 2.54. The zero-order valence-electron chi connectivity index (χ0n) is 20.6. The predicted molar refractivity (Wildman–Crippen MR) is 146 cm³/mol. The molecule has 0 saturated heterocycles. The molecule has 188 valence electrons. The summed E-state index contributed by atoms with van der Waals surface area (Å²) in [7, 11) is 0. The lowest BCUT2D eigenvalue weighted by molar-refractivity contribution is 0.0951. The molecule has 1 fully saturated rings. The van der Waals surface area contributed by atoms with Gasteiger partial charge in [-0.1, -0.05) is 49.7 Å². The van der Waals surface area contributed by atoms with Crippen LogP contribution in [0.1, 0.15) is 48.5 Å². The second-order valence-corrected chi connectivity index (χ2v) is 9.80. The molecule has 8 heteroatoms. The maximum absolute atomic E-state index is 13.6. The van der Waals surface area contributed by atoms with Gasteiger partial charge < -0.3 is 15.4 Å². The largest absolute Gasteiger partial charge is 0.453 e. The van der Waals surface area contributed by atoms with Crippen molar-refractivity contribution in [2.24, 2.45) is 0 Å². The van der Waals surface area contributed by atoms with Crippen LogP contribution in [0.3, 0.4) is 0 Å². The summed E-state index contributed by atoms with van der Waals surface area (Å²) in [6.07, 6.45) is 3.50. The van der Waals surface area contributed by atoms with Crippen molar-refractivity contribution in [1.82, 2.24) is 15.1 Å². The van der Waals surface area contributed by atoms with Gasteiger partial charge in [0.2, 0.25) is 0 Å². The molecule has 0 spiro atoms. The van der Waals surface area contributed by atoms with Crippen LogP contribution < -0.4 is 20.9 Å². The Balaban J connectivity index is 1.52. The number of rotatable bonds is 8. The van der Waals surface area contributed by atoms with Gasteiger partial charge in [0.05, 0.1) is 11.9 Å². The third kappa shape index (κ3) is 5.84. The van der Waals surface area contributed by atoms with Gasteiger partial charge in [0.15, 0.2) is 11.4 Å². The number of aromatic nitrogens is 2. The third-order valence-electron chi connectivity index (χ3n) is 6.08. The molecule has 3 aromatic carbocycles. The molecule has 1 aromatic heterocycles. The molecule has 0 bridgehead atoms. The number of nitrogens with zero attached hydrogens (tertiary/aromatic N) is 2. The molecule has 0 unspecified atom stereocenters. The van der Waals surface area contributed by atoms with Crippen molar-refractivity contribution < 1.29 is 9.53 Å². The van der Waals surface area contributed by atoms with E-state index in [0.717, 1.165) is 12.8 Å². The Morgan fingerprint density at radius 2 is 1.81 bits per heavy atom. The first kappa shape index (κ1) is 24.6. The Morgan fingerprint density at radius 1 is 1.05 bits per heavy atom. The maximum Gasteiger partial charge on any atom is 0.299 e. The van der Waals surface area contributed by atoms with Gasteiger partial charge >= 0.3 is 0 Å². The Labute approximate surface area is 220 Å². The molecule has 0 atom stereocenters. The summed E-state index contributed by atoms with van der Waals surface area (Å²) in [6, 6.07) is 21.9. The monoisotopic (exact) mass is 514 g/mol. The van der Waals surface area contributed by atoms with E-state index in [4.69, 9.17) is 16.3 Å². The maximum atomic E-state index is 13.6. The lowest BCUT2D eigenvalue weighted by atomic mass is 10.0. The SMILES string of the molecule is CC(C)c1ccc(Oc2cnn(-c3cccc(Cl)c3)c(=O)c2Nc2cccc(C(=O)NC3CC3)c2)cc1. The van der Waals surface area contributed by atoms with Gasteiger partial charge in [-0.3, -0.25) is 9.59 Å². The van der Waals surface area contributed by atoms with E-state index in [2.05, 4.69) is 29.6 Å². The molecule has 0 aliphatic heterocycles. The molecule has 1 aliphatic carbocycles. The van der Waals surface area contributed by atoms with Crippen LogP contribution in [0.25, 0.3) is 5.69 Å². The molecule has 4 aromatic rings.